The minimum Gasteiger partial charge on any atom is -0.493 e. The molecule has 0 heterocycles. The van der Waals surface area contributed by atoms with E-state index < -0.39 is 10.0 Å². The van der Waals surface area contributed by atoms with Crippen molar-refractivity contribution < 1.29 is 22.7 Å². The maximum absolute atomic E-state index is 12.8. The fourth-order valence-electron chi connectivity index (χ4n) is 2.77. The molecule has 0 saturated heterocycles. The Morgan fingerprint density at radius 3 is 2.36 bits per heavy atom. The van der Waals surface area contributed by atoms with Crippen molar-refractivity contribution in [3.63, 3.8) is 0 Å². The summed E-state index contributed by atoms with van der Waals surface area (Å²) in [7, 11) is 1.17. The summed E-state index contributed by atoms with van der Waals surface area (Å²) in [5, 5.41) is 2.99. The molecule has 28 heavy (non-hydrogen) atoms. The molecule has 0 aliphatic heterocycles. The number of nitrogens with one attached hydrogen (secondary N) is 1. The zero-order valence-corrected chi connectivity index (χ0v) is 17.5. The van der Waals surface area contributed by atoms with E-state index in [2.05, 4.69) is 5.32 Å². The van der Waals surface area contributed by atoms with Gasteiger partial charge < -0.3 is 14.8 Å². The van der Waals surface area contributed by atoms with Gasteiger partial charge in [-0.05, 0) is 42.3 Å². The van der Waals surface area contributed by atoms with Gasteiger partial charge in [-0.1, -0.05) is 19.1 Å². The SMILES string of the molecule is CC[C@@H](NC(=O)c1cccc(N(C)S(C)(=O)=O)c1)c1ccc(OC)c(OC)c1. The smallest absolute Gasteiger partial charge is 0.251 e. The predicted molar refractivity (Wildman–Crippen MR) is 110 cm³/mol. The first kappa shape index (κ1) is 21.6. The van der Waals surface area contributed by atoms with Crippen molar-refractivity contribution in [1.29, 1.82) is 0 Å². The minimum atomic E-state index is -3.41. The molecule has 7 nitrogen and oxygen atoms in total. The molecule has 1 atom stereocenters. The molecule has 8 heteroatoms. The number of carbonyl (C=O) groups excluding carboxylic acids is 1. The molecular formula is C20H26N2O5S. The molecule has 0 spiro atoms. The molecule has 0 aliphatic carbocycles. The van der Waals surface area contributed by atoms with E-state index in [1.54, 1.807) is 44.6 Å². The molecule has 0 saturated carbocycles. The fraction of sp³-hybridized carbons (Fsp3) is 0.350. The maximum atomic E-state index is 12.8. The van der Waals surface area contributed by atoms with E-state index in [0.29, 0.717) is 29.2 Å². The Morgan fingerprint density at radius 2 is 1.79 bits per heavy atom. The van der Waals surface area contributed by atoms with Gasteiger partial charge in [-0.2, -0.15) is 0 Å². The summed E-state index contributed by atoms with van der Waals surface area (Å²) in [4.78, 5) is 12.8. The van der Waals surface area contributed by atoms with Crippen molar-refractivity contribution in [1.82, 2.24) is 5.32 Å². The number of sulfonamides is 1. The van der Waals surface area contributed by atoms with E-state index in [0.717, 1.165) is 16.1 Å². The second kappa shape index (κ2) is 8.97. The zero-order chi connectivity index (χ0) is 20.9. The van der Waals surface area contributed by atoms with Gasteiger partial charge in [0, 0.05) is 12.6 Å². The number of amides is 1. The Balaban J connectivity index is 2.25. The highest BCUT2D eigenvalue weighted by Gasteiger charge is 2.18. The lowest BCUT2D eigenvalue weighted by atomic mass is 10.0. The van der Waals surface area contributed by atoms with Crippen LogP contribution < -0.4 is 19.1 Å². The number of hydrogen-bond donors (Lipinski definition) is 1. The van der Waals surface area contributed by atoms with Crippen LogP contribution in [-0.2, 0) is 10.0 Å². The molecule has 0 unspecified atom stereocenters. The van der Waals surface area contributed by atoms with Crippen molar-refractivity contribution in [2.24, 2.45) is 0 Å². The summed E-state index contributed by atoms with van der Waals surface area (Å²) in [5.41, 5.74) is 1.69. The van der Waals surface area contributed by atoms with E-state index in [9.17, 15) is 13.2 Å². The highest BCUT2D eigenvalue weighted by atomic mass is 32.2. The van der Waals surface area contributed by atoms with Gasteiger partial charge in [-0.25, -0.2) is 8.42 Å². The Bertz CT molecular complexity index is 943. The van der Waals surface area contributed by atoms with E-state index in [1.165, 1.54) is 7.05 Å². The Labute approximate surface area is 166 Å². The average molecular weight is 407 g/mol. The van der Waals surface area contributed by atoms with E-state index >= 15 is 0 Å². The lowest BCUT2D eigenvalue weighted by Crippen LogP contribution is -2.29. The van der Waals surface area contributed by atoms with Crippen molar-refractivity contribution >= 4 is 21.6 Å². The maximum Gasteiger partial charge on any atom is 0.251 e. The van der Waals surface area contributed by atoms with Crippen molar-refractivity contribution in [3.8, 4) is 11.5 Å². The third kappa shape index (κ3) is 4.95. The van der Waals surface area contributed by atoms with Crippen molar-refractivity contribution in [3.05, 3.63) is 53.6 Å². The van der Waals surface area contributed by atoms with Gasteiger partial charge in [-0.15, -0.1) is 0 Å². The summed E-state index contributed by atoms with van der Waals surface area (Å²) in [5.74, 6) is 0.916. The number of benzene rings is 2. The second-order valence-corrected chi connectivity index (χ2v) is 8.34. The van der Waals surface area contributed by atoms with Crippen LogP contribution in [0.5, 0.6) is 11.5 Å². The van der Waals surface area contributed by atoms with Crippen LogP contribution in [0, 0.1) is 0 Å². The van der Waals surface area contributed by atoms with Crippen LogP contribution in [0.4, 0.5) is 5.69 Å². The monoisotopic (exact) mass is 406 g/mol. The first-order valence-electron chi connectivity index (χ1n) is 8.78. The lowest BCUT2D eigenvalue weighted by Gasteiger charge is -2.20. The summed E-state index contributed by atoms with van der Waals surface area (Å²) in [6, 6.07) is 11.8. The van der Waals surface area contributed by atoms with Crippen LogP contribution in [0.15, 0.2) is 42.5 Å². The molecule has 0 radical (unpaired) electrons. The number of methoxy groups -OCH3 is 2. The fourth-order valence-corrected chi connectivity index (χ4v) is 3.26. The predicted octanol–water partition coefficient (Wildman–Crippen LogP) is 2.98. The van der Waals surface area contributed by atoms with Crippen molar-refractivity contribution in [2.75, 3.05) is 31.8 Å². The number of rotatable bonds is 8. The van der Waals surface area contributed by atoms with Gasteiger partial charge in [0.15, 0.2) is 11.5 Å². The third-order valence-corrected chi connectivity index (χ3v) is 5.70. The summed E-state index contributed by atoms with van der Waals surface area (Å²) in [6.45, 7) is 1.97. The van der Waals surface area contributed by atoms with Crippen LogP contribution >= 0.6 is 0 Å². The van der Waals surface area contributed by atoms with Crippen LogP contribution in [0.25, 0.3) is 0 Å². The molecule has 0 aromatic heterocycles. The van der Waals surface area contributed by atoms with Gasteiger partial charge >= 0.3 is 0 Å². The summed E-state index contributed by atoms with van der Waals surface area (Å²) >= 11 is 0. The second-order valence-electron chi connectivity index (χ2n) is 6.33. The van der Waals surface area contributed by atoms with Gasteiger partial charge in [0.05, 0.1) is 32.2 Å². The average Bonchev–Trinajstić information content (AvgIpc) is 2.70. The highest BCUT2D eigenvalue weighted by molar-refractivity contribution is 7.92. The topological polar surface area (TPSA) is 84.9 Å². The van der Waals surface area contributed by atoms with Gasteiger partial charge in [0.1, 0.15) is 0 Å². The minimum absolute atomic E-state index is 0.233. The number of carbonyl (C=O) groups is 1. The molecule has 0 fully saturated rings. The molecule has 2 aromatic carbocycles. The number of anilines is 1. The third-order valence-electron chi connectivity index (χ3n) is 4.49. The zero-order valence-electron chi connectivity index (χ0n) is 16.7. The van der Waals surface area contributed by atoms with Crippen LogP contribution in [0.3, 0.4) is 0 Å². The summed E-state index contributed by atoms with van der Waals surface area (Å²) < 4.78 is 35.2. The standard InChI is InChI=1S/C20H26N2O5S/c1-6-17(14-10-11-18(26-3)19(13-14)27-4)21-20(23)15-8-7-9-16(12-15)22(2)28(5,24)25/h7-13,17H,6H2,1-5H3,(H,21,23)/t17-/m1/s1. The van der Waals surface area contributed by atoms with Crippen LogP contribution in [-0.4, -0.2) is 41.8 Å². The van der Waals surface area contributed by atoms with Crippen molar-refractivity contribution in [2.45, 2.75) is 19.4 Å². The Hall–Kier alpha value is -2.74. The molecular weight excluding hydrogens is 380 g/mol. The molecule has 152 valence electrons. The van der Waals surface area contributed by atoms with Crippen LogP contribution in [0.2, 0.25) is 0 Å². The van der Waals surface area contributed by atoms with Gasteiger partial charge in [0.25, 0.3) is 5.91 Å². The molecule has 2 rings (SSSR count). The Morgan fingerprint density at radius 1 is 1.11 bits per heavy atom. The highest BCUT2D eigenvalue weighted by Crippen LogP contribution is 2.31. The normalized spacial score (nSPS) is 12.2. The molecule has 0 aliphatic rings. The van der Waals surface area contributed by atoms with Gasteiger partial charge in [0.2, 0.25) is 10.0 Å². The number of nitrogens with zero attached hydrogens (tertiary/aromatic N) is 1. The van der Waals surface area contributed by atoms with E-state index in [-0.39, 0.29) is 11.9 Å². The van der Waals surface area contributed by atoms with E-state index in [4.69, 9.17) is 9.47 Å². The quantitative estimate of drug-likeness (QED) is 0.728. The van der Waals surface area contributed by atoms with E-state index in [1.807, 2.05) is 19.1 Å². The molecule has 1 N–H and O–H groups in total. The number of hydrogen-bond acceptors (Lipinski definition) is 5. The molecule has 0 bridgehead atoms. The lowest BCUT2D eigenvalue weighted by molar-refractivity contribution is 0.0935. The number of ether oxygens (including phenoxy) is 2. The van der Waals surface area contributed by atoms with Crippen LogP contribution in [0.1, 0.15) is 35.3 Å². The first-order chi connectivity index (χ1) is 13.2. The van der Waals surface area contributed by atoms with Gasteiger partial charge in [-0.3, -0.25) is 9.10 Å². The first-order valence-corrected chi connectivity index (χ1v) is 10.6. The molecule has 1 amide bonds. The molecule has 2 aromatic rings. The Kier molecular flexibility index (Phi) is 6.90. The summed E-state index contributed by atoms with van der Waals surface area (Å²) in [6.07, 6.45) is 1.79. The largest absolute Gasteiger partial charge is 0.493 e.